The minimum atomic E-state index is -0.668. The Morgan fingerprint density at radius 1 is 0.915 bits per heavy atom. The molecule has 1 aliphatic heterocycles. The van der Waals surface area contributed by atoms with E-state index in [1.54, 1.807) is 45.9 Å². The van der Waals surface area contributed by atoms with Crippen LogP contribution < -0.4 is 10.1 Å². The first-order valence-corrected chi connectivity index (χ1v) is 16.3. The zero-order valence-corrected chi connectivity index (χ0v) is 28.8. The highest BCUT2D eigenvalue weighted by atomic mass is 19.1. The fourth-order valence-corrected chi connectivity index (χ4v) is 5.46. The average molecular weight is 649 g/mol. The predicted octanol–water partition coefficient (Wildman–Crippen LogP) is 7.76. The van der Waals surface area contributed by atoms with Crippen LogP contribution in [0, 0.1) is 5.82 Å². The Bertz CT molecular complexity index is 1520. The quantitative estimate of drug-likeness (QED) is 0.225. The smallest absolute Gasteiger partial charge is 0.408 e. The molecule has 8 nitrogen and oxygen atoms in total. The molecule has 0 bridgehead atoms. The van der Waals surface area contributed by atoms with Gasteiger partial charge in [0.05, 0.1) is 19.1 Å². The van der Waals surface area contributed by atoms with Gasteiger partial charge in [-0.1, -0.05) is 42.5 Å². The van der Waals surface area contributed by atoms with Crippen molar-refractivity contribution in [1.82, 2.24) is 10.2 Å². The molecule has 0 aromatic heterocycles. The molecule has 0 spiro atoms. The number of rotatable bonds is 10. The number of alkyl carbamates (subject to hydrolysis) is 1. The normalized spacial score (nSPS) is 15.0. The number of nitrogens with zero attached hydrogens (tertiary/aromatic N) is 1. The van der Waals surface area contributed by atoms with E-state index in [-0.39, 0.29) is 19.0 Å². The van der Waals surface area contributed by atoms with Gasteiger partial charge in [0.1, 0.15) is 29.4 Å². The highest BCUT2D eigenvalue weighted by molar-refractivity contribution is 5.74. The molecular weight excluding hydrogens is 599 g/mol. The number of amides is 1. The number of carbonyl (C=O) groups is 2. The van der Waals surface area contributed by atoms with Crippen LogP contribution in [0.1, 0.15) is 83.2 Å². The van der Waals surface area contributed by atoms with E-state index in [9.17, 15) is 9.59 Å². The number of halogens is 1. The Balaban J connectivity index is 1.62. The number of hydrogen-bond acceptors (Lipinski definition) is 7. The van der Waals surface area contributed by atoms with Gasteiger partial charge < -0.3 is 24.3 Å². The molecule has 0 radical (unpaired) electrons. The minimum absolute atomic E-state index is 0.0866. The standard InChI is InChI=1S/C38H49FN2O6/c1-26(40-36(43)47-38(5,6)7)31-13-10-14-32(35(31)39)30-21-27(24-41-16-11-18-44-19-17-41)20-28(22-30)25-45-33-15-9-8-12-29(33)23-34(42)46-37(2,3)4/h8-10,12-15,20-22,26H,11,16-19,23-25H2,1-7H3,(H,40,43). The van der Waals surface area contributed by atoms with Crippen LogP contribution in [0.25, 0.3) is 11.1 Å². The molecule has 47 heavy (non-hydrogen) atoms. The van der Waals surface area contributed by atoms with Crippen LogP contribution in [0.2, 0.25) is 0 Å². The maximum absolute atomic E-state index is 16.2. The maximum Gasteiger partial charge on any atom is 0.408 e. The van der Waals surface area contributed by atoms with E-state index in [0.29, 0.717) is 35.6 Å². The topological polar surface area (TPSA) is 86.3 Å². The molecule has 1 fully saturated rings. The fourth-order valence-electron chi connectivity index (χ4n) is 5.46. The van der Waals surface area contributed by atoms with E-state index in [1.165, 1.54) is 0 Å². The van der Waals surface area contributed by atoms with Crippen molar-refractivity contribution >= 4 is 12.1 Å². The summed E-state index contributed by atoms with van der Waals surface area (Å²) in [6, 6.07) is 18.1. The van der Waals surface area contributed by atoms with E-state index >= 15 is 4.39 Å². The van der Waals surface area contributed by atoms with Gasteiger partial charge in [-0.05, 0) is 89.8 Å². The third-order valence-electron chi connectivity index (χ3n) is 7.43. The number of hydrogen-bond donors (Lipinski definition) is 1. The number of carbonyl (C=O) groups excluding carboxylic acids is 2. The van der Waals surface area contributed by atoms with E-state index < -0.39 is 29.2 Å². The summed E-state index contributed by atoms with van der Waals surface area (Å²) in [7, 11) is 0. The Morgan fingerprint density at radius 3 is 2.38 bits per heavy atom. The van der Waals surface area contributed by atoms with E-state index in [2.05, 4.69) is 16.3 Å². The van der Waals surface area contributed by atoms with Crippen molar-refractivity contribution in [1.29, 1.82) is 0 Å². The summed E-state index contributed by atoms with van der Waals surface area (Å²) in [5.74, 6) is -0.152. The minimum Gasteiger partial charge on any atom is -0.489 e. The average Bonchev–Trinajstić information content (AvgIpc) is 3.23. The Morgan fingerprint density at radius 2 is 1.64 bits per heavy atom. The van der Waals surface area contributed by atoms with Crippen LogP contribution in [-0.4, -0.2) is 54.5 Å². The zero-order valence-electron chi connectivity index (χ0n) is 28.8. The summed E-state index contributed by atoms with van der Waals surface area (Å²) < 4.78 is 39.1. The molecule has 9 heteroatoms. The first kappa shape index (κ1) is 35.9. The number of para-hydroxylation sites is 1. The molecule has 1 heterocycles. The summed E-state index contributed by atoms with van der Waals surface area (Å²) in [4.78, 5) is 27.4. The first-order valence-electron chi connectivity index (χ1n) is 16.3. The third kappa shape index (κ3) is 11.4. The number of ether oxygens (including phenoxy) is 4. The van der Waals surface area contributed by atoms with Gasteiger partial charge in [-0.3, -0.25) is 9.69 Å². The molecule has 3 aromatic rings. The highest BCUT2D eigenvalue weighted by Gasteiger charge is 2.22. The maximum atomic E-state index is 16.2. The molecular formula is C38H49FN2O6. The van der Waals surface area contributed by atoms with Gasteiger partial charge in [0.15, 0.2) is 0 Å². The van der Waals surface area contributed by atoms with Crippen molar-refractivity contribution in [2.45, 2.75) is 91.7 Å². The lowest BCUT2D eigenvalue weighted by Gasteiger charge is -2.23. The zero-order chi connectivity index (χ0) is 34.2. The van der Waals surface area contributed by atoms with Crippen molar-refractivity contribution in [2.75, 3.05) is 26.3 Å². The Labute approximate surface area is 278 Å². The fraction of sp³-hybridized carbons (Fsp3) is 0.474. The van der Waals surface area contributed by atoms with Gasteiger partial charge in [0.25, 0.3) is 0 Å². The van der Waals surface area contributed by atoms with Crippen LogP contribution >= 0.6 is 0 Å². The van der Waals surface area contributed by atoms with Gasteiger partial charge in [-0.25, -0.2) is 9.18 Å². The molecule has 0 saturated carbocycles. The van der Waals surface area contributed by atoms with Gasteiger partial charge in [-0.2, -0.15) is 0 Å². The molecule has 0 aliphatic carbocycles. The second kappa shape index (κ2) is 15.8. The molecule has 1 unspecified atom stereocenters. The molecule has 4 rings (SSSR count). The summed E-state index contributed by atoms with van der Waals surface area (Å²) in [5, 5.41) is 2.75. The summed E-state index contributed by atoms with van der Waals surface area (Å²) >= 11 is 0. The SMILES string of the molecule is CC(NC(=O)OC(C)(C)C)c1cccc(-c2cc(COc3ccccc3CC(=O)OC(C)(C)C)cc(CN3CCCOCC3)c2)c1F. The lowest BCUT2D eigenvalue weighted by molar-refractivity contribution is -0.153. The second-order valence-corrected chi connectivity index (χ2v) is 14.0. The first-order chi connectivity index (χ1) is 22.2. The van der Waals surface area contributed by atoms with Crippen LogP contribution in [-0.2, 0) is 38.6 Å². The summed E-state index contributed by atoms with van der Waals surface area (Å²) in [5.41, 5.74) is 2.85. The van der Waals surface area contributed by atoms with Gasteiger partial charge in [-0.15, -0.1) is 0 Å². The van der Waals surface area contributed by atoms with E-state index in [0.717, 1.165) is 42.8 Å². The van der Waals surface area contributed by atoms with Crippen molar-refractivity contribution in [3.8, 4) is 16.9 Å². The predicted molar refractivity (Wildman–Crippen MR) is 181 cm³/mol. The van der Waals surface area contributed by atoms with E-state index in [1.807, 2.05) is 57.2 Å². The Kier molecular flexibility index (Phi) is 12.0. The third-order valence-corrected chi connectivity index (χ3v) is 7.43. The summed E-state index contributed by atoms with van der Waals surface area (Å²) in [6.07, 6.45) is 0.427. The number of esters is 1. The molecule has 1 N–H and O–H groups in total. The molecule has 1 atom stereocenters. The molecule has 254 valence electrons. The van der Waals surface area contributed by atoms with Crippen LogP contribution in [0.5, 0.6) is 5.75 Å². The van der Waals surface area contributed by atoms with Crippen molar-refractivity contribution in [3.63, 3.8) is 0 Å². The Hall–Kier alpha value is -3.95. The molecule has 1 aliphatic rings. The molecule has 1 amide bonds. The lowest BCUT2D eigenvalue weighted by atomic mass is 9.95. The molecule has 1 saturated heterocycles. The van der Waals surface area contributed by atoms with Gasteiger partial charge >= 0.3 is 12.1 Å². The highest BCUT2D eigenvalue weighted by Crippen LogP contribution is 2.31. The summed E-state index contributed by atoms with van der Waals surface area (Å²) in [6.45, 7) is 16.6. The second-order valence-electron chi connectivity index (χ2n) is 14.0. The van der Waals surface area contributed by atoms with Gasteiger partial charge in [0, 0.05) is 42.9 Å². The van der Waals surface area contributed by atoms with Crippen molar-refractivity contribution in [2.24, 2.45) is 0 Å². The van der Waals surface area contributed by atoms with Crippen LogP contribution in [0.3, 0.4) is 0 Å². The lowest BCUT2D eigenvalue weighted by Crippen LogP contribution is -2.34. The van der Waals surface area contributed by atoms with Crippen molar-refractivity contribution in [3.05, 3.63) is 88.7 Å². The number of benzene rings is 3. The van der Waals surface area contributed by atoms with Crippen LogP contribution in [0.15, 0.2) is 60.7 Å². The van der Waals surface area contributed by atoms with Crippen LogP contribution in [0.4, 0.5) is 9.18 Å². The number of nitrogens with one attached hydrogen (secondary N) is 1. The largest absolute Gasteiger partial charge is 0.489 e. The van der Waals surface area contributed by atoms with E-state index in [4.69, 9.17) is 18.9 Å². The monoisotopic (exact) mass is 648 g/mol. The molecule has 3 aromatic carbocycles. The van der Waals surface area contributed by atoms with Gasteiger partial charge in [0.2, 0.25) is 0 Å². The van der Waals surface area contributed by atoms with Crippen molar-refractivity contribution < 1.29 is 32.9 Å².